The summed E-state index contributed by atoms with van der Waals surface area (Å²) in [6.45, 7) is 4.06. The van der Waals surface area contributed by atoms with E-state index in [1.54, 1.807) is 12.1 Å². The van der Waals surface area contributed by atoms with Gasteiger partial charge in [0.1, 0.15) is 5.75 Å². The minimum absolute atomic E-state index is 0.0224. The van der Waals surface area contributed by atoms with Crippen LogP contribution in [0.15, 0.2) is 42.5 Å². The second-order valence-corrected chi connectivity index (χ2v) is 9.17. The number of benzene rings is 2. The Morgan fingerprint density at radius 3 is 1.76 bits per heavy atom. The molecular weight excluding hydrogens is 591 g/mol. The van der Waals surface area contributed by atoms with Crippen molar-refractivity contribution in [3.8, 4) is 5.75 Å². The molecule has 0 unspecified atom stereocenters. The van der Waals surface area contributed by atoms with Crippen molar-refractivity contribution in [2.75, 3.05) is 17.6 Å². The van der Waals surface area contributed by atoms with Crippen molar-refractivity contribution >= 4 is 28.8 Å². The zero-order chi connectivity index (χ0) is 32.6. The van der Waals surface area contributed by atoms with Crippen LogP contribution in [-0.2, 0) is 27.0 Å². The number of hydrogen-bond donors (Lipinski definition) is 5. The number of anilines is 2. The zero-order valence-electron chi connectivity index (χ0n) is 21.9. The lowest BCUT2D eigenvalue weighted by atomic mass is 10.0. The standard InChI is InChI=1S/C21H27F3N4O2.C4F6O2/c1-12(2)19(28-18-8-5-14(10-16(18)25)21(22,23)24)11-27-20(30)17(26)9-13-3-6-15(29)7-4-13;5-3(6,7)1(11)2(12)4(8,9)10/h3-8,10,12,17,19,28-29H,9,11,25-26H2,1-2H3,(H,27,30);/t17-,19-;/m0./s1. The summed E-state index contributed by atoms with van der Waals surface area (Å²) in [5, 5.41) is 15.2. The van der Waals surface area contributed by atoms with Crippen LogP contribution in [0.1, 0.15) is 25.0 Å². The van der Waals surface area contributed by atoms with E-state index >= 15 is 0 Å². The average Bonchev–Trinajstić information content (AvgIpc) is 2.86. The molecule has 0 bridgehead atoms. The van der Waals surface area contributed by atoms with Crippen molar-refractivity contribution in [3.05, 3.63) is 53.6 Å². The van der Waals surface area contributed by atoms with E-state index in [0.29, 0.717) is 12.1 Å². The molecule has 2 atom stereocenters. The SMILES string of the molecule is CC(C)[C@H](CNC(=O)[C@@H](N)Cc1ccc(O)cc1)Nc1ccc(C(F)(F)F)cc1N.O=C(C(=O)C(F)(F)F)C(F)(F)F. The van der Waals surface area contributed by atoms with Gasteiger partial charge in [-0.15, -0.1) is 0 Å². The molecule has 0 aromatic heterocycles. The molecule has 2 rings (SSSR count). The van der Waals surface area contributed by atoms with Crippen LogP contribution in [0.3, 0.4) is 0 Å². The van der Waals surface area contributed by atoms with Gasteiger partial charge >= 0.3 is 30.1 Å². The normalized spacial score (nSPS) is 13.5. The van der Waals surface area contributed by atoms with Crippen molar-refractivity contribution in [2.45, 2.75) is 50.9 Å². The minimum Gasteiger partial charge on any atom is -0.508 e. The van der Waals surface area contributed by atoms with Crippen LogP contribution in [0.25, 0.3) is 0 Å². The molecule has 0 saturated carbocycles. The number of aromatic hydroxyl groups is 1. The third-order valence-corrected chi connectivity index (χ3v) is 5.47. The Bertz CT molecular complexity index is 1200. The Morgan fingerprint density at radius 1 is 0.857 bits per heavy atom. The molecule has 0 heterocycles. The first-order chi connectivity index (χ1) is 19.0. The molecule has 1 amide bonds. The molecule has 0 spiro atoms. The number of phenolic OH excluding ortho intramolecular Hbond substituents is 1. The number of hydrogen-bond acceptors (Lipinski definition) is 7. The average molecular weight is 618 g/mol. The number of alkyl halides is 9. The van der Waals surface area contributed by atoms with Crippen LogP contribution in [-0.4, -0.2) is 53.6 Å². The number of nitrogen functional groups attached to an aromatic ring is 1. The van der Waals surface area contributed by atoms with Gasteiger partial charge in [0.05, 0.1) is 23.0 Å². The van der Waals surface area contributed by atoms with E-state index in [1.165, 1.54) is 18.2 Å². The van der Waals surface area contributed by atoms with Crippen molar-refractivity contribution in [3.63, 3.8) is 0 Å². The highest BCUT2D eigenvalue weighted by molar-refractivity contribution is 6.41. The maximum Gasteiger partial charge on any atom is 0.458 e. The summed E-state index contributed by atoms with van der Waals surface area (Å²) in [5.74, 6) is -6.98. The number of rotatable bonds is 9. The van der Waals surface area contributed by atoms with E-state index in [0.717, 1.165) is 17.7 Å². The second-order valence-electron chi connectivity index (χ2n) is 9.17. The maximum atomic E-state index is 12.8. The Kier molecular flexibility index (Phi) is 12.2. The van der Waals surface area contributed by atoms with Crippen LogP contribution < -0.4 is 22.1 Å². The predicted molar refractivity (Wildman–Crippen MR) is 133 cm³/mol. The first-order valence-electron chi connectivity index (χ1n) is 11.8. The Labute approximate surface area is 233 Å². The number of carbonyl (C=O) groups is 3. The molecule has 7 N–H and O–H groups in total. The molecule has 2 aromatic carbocycles. The van der Waals surface area contributed by atoms with E-state index in [-0.39, 0.29) is 35.8 Å². The molecule has 0 saturated heterocycles. The van der Waals surface area contributed by atoms with E-state index in [2.05, 4.69) is 10.6 Å². The number of nitrogens with one attached hydrogen (secondary N) is 2. The number of carbonyl (C=O) groups excluding carboxylic acids is 3. The lowest BCUT2D eigenvalue weighted by molar-refractivity contribution is -0.193. The fourth-order valence-electron chi connectivity index (χ4n) is 3.10. The summed E-state index contributed by atoms with van der Waals surface area (Å²) < 4.78 is 105. The third-order valence-electron chi connectivity index (χ3n) is 5.47. The van der Waals surface area contributed by atoms with Gasteiger partial charge in [-0.3, -0.25) is 14.4 Å². The molecule has 42 heavy (non-hydrogen) atoms. The second kappa shape index (κ2) is 14.2. The van der Waals surface area contributed by atoms with Crippen LogP contribution in [0, 0.1) is 5.92 Å². The Balaban J connectivity index is 0.000000619. The van der Waals surface area contributed by atoms with Gasteiger partial charge in [0.25, 0.3) is 0 Å². The number of halogens is 9. The summed E-state index contributed by atoms with van der Waals surface area (Å²) in [6, 6.07) is 8.50. The van der Waals surface area contributed by atoms with Crippen LogP contribution in [0.4, 0.5) is 50.9 Å². The van der Waals surface area contributed by atoms with Gasteiger partial charge in [0.2, 0.25) is 5.91 Å². The zero-order valence-corrected chi connectivity index (χ0v) is 21.9. The highest BCUT2D eigenvalue weighted by Gasteiger charge is 2.54. The minimum atomic E-state index is -5.77. The summed E-state index contributed by atoms with van der Waals surface area (Å²) in [4.78, 5) is 31.6. The van der Waals surface area contributed by atoms with Gasteiger partial charge in [-0.25, -0.2) is 0 Å². The molecule has 0 radical (unpaired) electrons. The highest BCUT2D eigenvalue weighted by Crippen LogP contribution is 2.33. The summed E-state index contributed by atoms with van der Waals surface area (Å²) in [5.41, 5.74) is 12.1. The number of ketones is 2. The Morgan fingerprint density at radius 2 is 1.36 bits per heavy atom. The summed E-state index contributed by atoms with van der Waals surface area (Å²) >= 11 is 0. The first-order valence-corrected chi connectivity index (χ1v) is 11.8. The van der Waals surface area contributed by atoms with Crippen molar-refractivity contribution in [1.29, 1.82) is 0 Å². The molecule has 2 aromatic rings. The molecule has 17 heteroatoms. The van der Waals surface area contributed by atoms with Crippen LogP contribution in [0.5, 0.6) is 5.75 Å². The smallest absolute Gasteiger partial charge is 0.458 e. The van der Waals surface area contributed by atoms with Crippen molar-refractivity contribution in [1.82, 2.24) is 5.32 Å². The van der Waals surface area contributed by atoms with Gasteiger partial charge in [0, 0.05) is 12.6 Å². The largest absolute Gasteiger partial charge is 0.508 e. The quantitative estimate of drug-likeness (QED) is 0.159. The fourth-order valence-corrected chi connectivity index (χ4v) is 3.10. The van der Waals surface area contributed by atoms with Gasteiger partial charge in [-0.05, 0) is 48.2 Å². The van der Waals surface area contributed by atoms with Crippen molar-refractivity contribution in [2.24, 2.45) is 11.7 Å². The van der Waals surface area contributed by atoms with E-state index in [1.807, 2.05) is 13.8 Å². The molecule has 0 fully saturated rings. The van der Waals surface area contributed by atoms with E-state index in [9.17, 15) is 59.0 Å². The number of phenols is 1. The number of amides is 1. The topological polar surface area (TPSA) is 148 Å². The Hall–Kier alpha value is -4.02. The van der Waals surface area contributed by atoms with E-state index < -0.39 is 41.7 Å². The predicted octanol–water partition coefficient (Wildman–Crippen LogP) is 4.37. The molecular formula is C25H27F9N4O4. The van der Waals surface area contributed by atoms with Crippen LogP contribution >= 0.6 is 0 Å². The first kappa shape index (κ1) is 36.0. The lowest BCUT2D eigenvalue weighted by Crippen LogP contribution is -2.47. The van der Waals surface area contributed by atoms with Gasteiger partial charge in [-0.2, -0.15) is 39.5 Å². The molecule has 8 nitrogen and oxygen atoms in total. The molecule has 234 valence electrons. The van der Waals surface area contributed by atoms with Crippen molar-refractivity contribution < 1.29 is 59.0 Å². The lowest BCUT2D eigenvalue weighted by Gasteiger charge is -2.26. The van der Waals surface area contributed by atoms with Gasteiger partial charge in [-0.1, -0.05) is 26.0 Å². The van der Waals surface area contributed by atoms with Crippen LogP contribution in [0.2, 0.25) is 0 Å². The monoisotopic (exact) mass is 618 g/mol. The molecule has 0 aliphatic heterocycles. The molecule has 0 aliphatic carbocycles. The summed E-state index contributed by atoms with van der Waals surface area (Å²) in [7, 11) is 0. The highest BCUT2D eigenvalue weighted by atomic mass is 19.4. The fraction of sp³-hybridized carbons (Fsp3) is 0.400. The number of nitrogens with two attached hydrogens (primary N) is 2. The number of Topliss-reactive ketones (excluding diaryl/α,β-unsaturated/α-hetero) is 2. The van der Waals surface area contributed by atoms with Gasteiger partial charge in [0.15, 0.2) is 0 Å². The maximum absolute atomic E-state index is 12.8. The third kappa shape index (κ3) is 11.5. The molecule has 0 aliphatic rings. The van der Waals surface area contributed by atoms with Gasteiger partial charge < -0.3 is 27.2 Å². The summed E-state index contributed by atoms with van der Waals surface area (Å²) in [6.07, 6.45) is -15.7. The van der Waals surface area contributed by atoms with E-state index in [4.69, 9.17) is 11.5 Å².